The Labute approximate surface area is 230 Å². The van der Waals surface area contributed by atoms with Gasteiger partial charge >= 0.3 is 5.97 Å². The van der Waals surface area contributed by atoms with Gasteiger partial charge < -0.3 is 29.0 Å². The molecule has 0 saturated carbocycles. The summed E-state index contributed by atoms with van der Waals surface area (Å²) in [5.41, 5.74) is 2.27. The molecule has 0 spiro atoms. The molecule has 1 aliphatic heterocycles. The molecule has 1 aliphatic rings. The van der Waals surface area contributed by atoms with E-state index in [1.54, 1.807) is 42.3 Å². The molecule has 38 heavy (non-hydrogen) atoms. The van der Waals surface area contributed by atoms with Gasteiger partial charge in [0.1, 0.15) is 12.5 Å². The minimum Gasteiger partial charge on any atom is -0.493 e. The molecule has 9 heteroatoms. The molecule has 200 valence electrons. The predicted octanol–water partition coefficient (Wildman–Crippen LogP) is 5.44. The Hall–Kier alpha value is -3.72. The number of halogens is 1. The van der Waals surface area contributed by atoms with Crippen LogP contribution in [0.1, 0.15) is 45.4 Å². The van der Waals surface area contributed by atoms with Crippen molar-refractivity contribution in [2.75, 3.05) is 33.2 Å². The number of alkyl halides is 1. The molecule has 1 heterocycles. The van der Waals surface area contributed by atoms with Crippen molar-refractivity contribution in [1.29, 1.82) is 0 Å². The van der Waals surface area contributed by atoms with Crippen LogP contribution in [-0.4, -0.2) is 55.1 Å². The highest BCUT2D eigenvalue weighted by atomic mass is 79.9. The number of carbonyl (C=O) groups is 2. The monoisotopic (exact) mass is 583 g/mol. The minimum absolute atomic E-state index is 0.271. The lowest BCUT2D eigenvalue weighted by atomic mass is 9.79. The number of benzene rings is 3. The van der Waals surface area contributed by atoms with Gasteiger partial charge in [0.15, 0.2) is 23.0 Å². The van der Waals surface area contributed by atoms with E-state index in [9.17, 15) is 14.7 Å². The zero-order valence-corrected chi connectivity index (χ0v) is 23.1. The van der Waals surface area contributed by atoms with Crippen molar-refractivity contribution in [3.05, 3.63) is 82.9 Å². The molecule has 3 aromatic carbocycles. The van der Waals surface area contributed by atoms with E-state index in [-0.39, 0.29) is 11.5 Å². The lowest BCUT2D eigenvalue weighted by Gasteiger charge is -2.41. The summed E-state index contributed by atoms with van der Waals surface area (Å²) in [6.45, 7) is 0.665. The van der Waals surface area contributed by atoms with Gasteiger partial charge in [0, 0.05) is 17.4 Å². The minimum atomic E-state index is -1.05. The van der Waals surface area contributed by atoms with Crippen LogP contribution < -0.4 is 18.9 Å². The van der Waals surface area contributed by atoms with Crippen LogP contribution in [0.25, 0.3) is 0 Å². The van der Waals surface area contributed by atoms with E-state index in [1.165, 1.54) is 14.2 Å². The SMILES string of the molecule is COc1cc2c(cc1OC)[C@@H](C(=O)O)[C@@H](c1ccc(OC)c(OCc3ccccc3)c1)N(CCCBr)C2=O. The van der Waals surface area contributed by atoms with Crippen molar-refractivity contribution >= 4 is 27.8 Å². The molecular weight excluding hydrogens is 554 g/mol. The van der Waals surface area contributed by atoms with Gasteiger partial charge in [0.2, 0.25) is 0 Å². The first kappa shape index (κ1) is 27.3. The maximum Gasteiger partial charge on any atom is 0.313 e. The highest BCUT2D eigenvalue weighted by molar-refractivity contribution is 9.09. The molecule has 1 N–H and O–H groups in total. The fourth-order valence-electron chi connectivity index (χ4n) is 4.80. The number of amides is 1. The number of carboxylic acids is 1. The zero-order valence-electron chi connectivity index (χ0n) is 21.5. The maximum absolute atomic E-state index is 13.8. The lowest BCUT2D eigenvalue weighted by molar-refractivity contribution is -0.140. The summed E-state index contributed by atoms with van der Waals surface area (Å²) in [6, 6.07) is 17.4. The zero-order chi connectivity index (χ0) is 27.2. The van der Waals surface area contributed by atoms with E-state index in [1.807, 2.05) is 30.3 Å². The number of aliphatic carboxylic acids is 1. The van der Waals surface area contributed by atoms with Gasteiger partial charge in [-0.25, -0.2) is 0 Å². The van der Waals surface area contributed by atoms with Crippen LogP contribution in [0.15, 0.2) is 60.7 Å². The second kappa shape index (κ2) is 12.2. The van der Waals surface area contributed by atoms with Gasteiger partial charge in [-0.1, -0.05) is 52.3 Å². The molecule has 0 aromatic heterocycles. The fourth-order valence-corrected chi connectivity index (χ4v) is 5.06. The number of ether oxygens (including phenoxy) is 4. The van der Waals surface area contributed by atoms with Gasteiger partial charge in [-0.05, 0) is 47.4 Å². The highest BCUT2D eigenvalue weighted by Crippen LogP contribution is 2.47. The standard InChI is InChI=1S/C29H30BrNO7/c1-35-22-11-10-19(14-25(22)38-17-18-8-5-4-6-9-18)27-26(29(33)34)20-15-23(36-2)24(37-3)16-21(20)28(32)31(27)13-7-12-30/h4-6,8-11,14-16,26-27H,7,12-13,17H2,1-3H3,(H,33,34)/t26-,27-/m1/s1. The van der Waals surface area contributed by atoms with E-state index < -0.39 is 17.9 Å². The lowest BCUT2D eigenvalue weighted by Crippen LogP contribution is -2.45. The van der Waals surface area contributed by atoms with Crippen molar-refractivity contribution in [3.8, 4) is 23.0 Å². The van der Waals surface area contributed by atoms with Gasteiger partial charge in [0.05, 0.1) is 27.4 Å². The Bertz CT molecular complexity index is 1300. The average Bonchev–Trinajstić information content (AvgIpc) is 2.94. The number of rotatable bonds is 11. The van der Waals surface area contributed by atoms with Crippen LogP contribution in [0.5, 0.6) is 23.0 Å². The van der Waals surface area contributed by atoms with E-state index in [2.05, 4.69) is 15.9 Å². The summed E-state index contributed by atoms with van der Waals surface area (Å²) in [6.07, 6.45) is 0.644. The van der Waals surface area contributed by atoms with Crippen LogP contribution in [0.4, 0.5) is 0 Å². The second-order valence-corrected chi connectivity index (χ2v) is 9.57. The molecule has 3 aromatic rings. The molecule has 0 saturated heterocycles. The highest BCUT2D eigenvalue weighted by Gasteiger charge is 2.45. The predicted molar refractivity (Wildman–Crippen MR) is 146 cm³/mol. The largest absolute Gasteiger partial charge is 0.493 e. The summed E-state index contributed by atoms with van der Waals surface area (Å²) < 4.78 is 22.5. The third-order valence-corrected chi connectivity index (χ3v) is 7.16. The molecule has 0 aliphatic carbocycles. The molecule has 0 bridgehead atoms. The molecule has 4 rings (SSSR count). The van der Waals surface area contributed by atoms with Crippen LogP contribution >= 0.6 is 15.9 Å². The number of methoxy groups -OCH3 is 3. The van der Waals surface area contributed by atoms with Crippen molar-refractivity contribution in [2.24, 2.45) is 0 Å². The third-order valence-electron chi connectivity index (χ3n) is 6.60. The van der Waals surface area contributed by atoms with Gasteiger partial charge in [-0.2, -0.15) is 0 Å². The Morgan fingerprint density at radius 2 is 1.61 bits per heavy atom. The molecule has 0 radical (unpaired) electrons. The van der Waals surface area contributed by atoms with Gasteiger partial charge in [-0.15, -0.1) is 0 Å². The molecule has 2 atom stereocenters. The number of carbonyl (C=O) groups excluding carboxylic acids is 1. The Balaban J connectivity index is 1.83. The molecule has 1 amide bonds. The van der Waals surface area contributed by atoms with Crippen molar-refractivity contribution in [1.82, 2.24) is 4.90 Å². The van der Waals surface area contributed by atoms with Crippen molar-refractivity contribution in [2.45, 2.75) is 25.0 Å². The normalized spacial score (nSPS) is 16.5. The van der Waals surface area contributed by atoms with E-state index in [0.717, 1.165) is 5.56 Å². The van der Waals surface area contributed by atoms with Crippen LogP contribution in [-0.2, 0) is 11.4 Å². The summed E-state index contributed by atoms with van der Waals surface area (Å²) in [7, 11) is 4.50. The van der Waals surface area contributed by atoms with Crippen molar-refractivity contribution < 1.29 is 33.6 Å². The maximum atomic E-state index is 13.8. The number of hydrogen-bond donors (Lipinski definition) is 1. The first-order valence-electron chi connectivity index (χ1n) is 12.1. The molecular formula is C29H30BrNO7. The number of hydrogen-bond acceptors (Lipinski definition) is 6. The third kappa shape index (κ3) is 5.43. The topological polar surface area (TPSA) is 94.5 Å². The van der Waals surface area contributed by atoms with Crippen molar-refractivity contribution in [3.63, 3.8) is 0 Å². The fraction of sp³-hybridized carbons (Fsp3) is 0.310. The summed E-state index contributed by atoms with van der Waals surface area (Å²) in [5.74, 6) is -0.674. The molecule has 0 fully saturated rings. The molecule has 0 unspecified atom stereocenters. The number of nitrogens with zero attached hydrogens (tertiary/aromatic N) is 1. The average molecular weight is 584 g/mol. The molecule has 8 nitrogen and oxygen atoms in total. The first-order chi connectivity index (χ1) is 18.4. The van der Waals surface area contributed by atoms with Crippen LogP contribution in [0.3, 0.4) is 0 Å². The van der Waals surface area contributed by atoms with E-state index in [4.69, 9.17) is 18.9 Å². The number of carboxylic acid groups (broad SMARTS) is 1. The number of fused-ring (bicyclic) bond motifs is 1. The Morgan fingerprint density at radius 3 is 2.24 bits per heavy atom. The first-order valence-corrected chi connectivity index (χ1v) is 13.3. The summed E-state index contributed by atoms with van der Waals surface area (Å²) in [5, 5.41) is 11.1. The van der Waals surface area contributed by atoms with Crippen LogP contribution in [0, 0.1) is 0 Å². The smallest absolute Gasteiger partial charge is 0.313 e. The Kier molecular flexibility index (Phi) is 8.78. The quantitative estimate of drug-likeness (QED) is 0.300. The van der Waals surface area contributed by atoms with Crippen LogP contribution in [0.2, 0.25) is 0 Å². The summed E-state index contributed by atoms with van der Waals surface area (Å²) >= 11 is 3.44. The van der Waals surface area contributed by atoms with E-state index >= 15 is 0 Å². The van der Waals surface area contributed by atoms with Gasteiger partial charge in [0.25, 0.3) is 5.91 Å². The van der Waals surface area contributed by atoms with E-state index in [0.29, 0.717) is 59.0 Å². The summed E-state index contributed by atoms with van der Waals surface area (Å²) in [4.78, 5) is 28.3. The Morgan fingerprint density at radius 1 is 0.921 bits per heavy atom. The van der Waals surface area contributed by atoms with Gasteiger partial charge in [-0.3, -0.25) is 9.59 Å². The second-order valence-electron chi connectivity index (χ2n) is 8.78.